The summed E-state index contributed by atoms with van der Waals surface area (Å²) in [5.41, 5.74) is 6.54. The molecule has 8 rings (SSSR count). The van der Waals surface area contributed by atoms with Gasteiger partial charge in [-0.25, -0.2) is 4.39 Å². The number of pyridine rings is 3. The van der Waals surface area contributed by atoms with Crippen LogP contribution in [-0.4, -0.2) is 64.2 Å². The minimum atomic E-state index is -0.280. The van der Waals surface area contributed by atoms with Crippen LogP contribution in [0, 0.1) is 25.6 Å². The third kappa shape index (κ3) is 6.69. The Balaban J connectivity index is 0.00000364. The highest BCUT2D eigenvalue weighted by Gasteiger charge is 2.34. The van der Waals surface area contributed by atoms with Gasteiger partial charge in [0.15, 0.2) is 5.43 Å². The number of aromatic nitrogens is 3. The molecular formula is C38H47ClFN7O. The number of halogens is 2. The van der Waals surface area contributed by atoms with E-state index in [2.05, 4.69) is 65.0 Å². The smallest absolute Gasteiger partial charge is 0.193 e. The minimum Gasteiger partial charge on any atom is -0.369 e. The summed E-state index contributed by atoms with van der Waals surface area (Å²) in [5.74, 6) is 0.275. The van der Waals surface area contributed by atoms with Crippen LogP contribution in [0.25, 0.3) is 10.9 Å². The number of nitrogens with zero attached hydrogens (tertiary/aromatic N) is 6. The lowest BCUT2D eigenvalue weighted by molar-refractivity contribution is 0.158. The number of fused-ring (bicyclic) bond motifs is 2. The third-order valence-electron chi connectivity index (χ3n) is 11.0. The van der Waals surface area contributed by atoms with Crippen molar-refractivity contribution < 1.29 is 4.39 Å². The molecule has 0 bridgehead atoms. The van der Waals surface area contributed by atoms with Gasteiger partial charge < -0.3 is 19.7 Å². The monoisotopic (exact) mass is 671 g/mol. The first-order chi connectivity index (χ1) is 22.9. The fourth-order valence-electron chi connectivity index (χ4n) is 8.30. The quantitative estimate of drug-likeness (QED) is 0.241. The molecule has 3 aromatic heterocycles. The summed E-state index contributed by atoms with van der Waals surface area (Å²) in [6.45, 7) is 9.88. The molecule has 10 heteroatoms. The second kappa shape index (κ2) is 13.8. The van der Waals surface area contributed by atoms with E-state index in [0.717, 1.165) is 99.4 Å². The van der Waals surface area contributed by atoms with Crippen molar-refractivity contribution in [2.24, 2.45) is 5.92 Å². The predicted octanol–water partition coefficient (Wildman–Crippen LogP) is 6.16. The summed E-state index contributed by atoms with van der Waals surface area (Å²) in [5, 5.41) is 4.12. The maximum absolute atomic E-state index is 16.0. The van der Waals surface area contributed by atoms with E-state index < -0.39 is 0 Å². The Kier molecular flexibility index (Phi) is 9.46. The molecule has 4 fully saturated rings. The zero-order valence-electron chi connectivity index (χ0n) is 28.1. The molecule has 4 aromatic rings. The van der Waals surface area contributed by atoms with E-state index in [9.17, 15) is 4.79 Å². The van der Waals surface area contributed by atoms with Gasteiger partial charge >= 0.3 is 0 Å². The van der Waals surface area contributed by atoms with Crippen molar-refractivity contribution in [3.05, 3.63) is 93.5 Å². The van der Waals surface area contributed by atoms with Crippen molar-refractivity contribution >= 4 is 34.7 Å². The Morgan fingerprint density at radius 2 is 1.81 bits per heavy atom. The number of piperidine rings is 2. The molecule has 0 spiro atoms. The van der Waals surface area contributed by atoms with Crippen LogP contribution in [0.2, 0.25) is 0 Å². The zero-order valence-corrected chi connectivity index (χ0v) is 28.9. The van der Waals surface area contributed by atoms with E-state index in [1.165, 1.54) is 11.6 Å². The van der Waals surface area contributed by atoms with Crippen molar-refractivity contribution in [2.45, 2.75) is 83.6 Å². The second-order valence-corrected chi connectivity index (χ2v) is 14.4. The van der Waals surface area contributed by atoms with Gasteiger partial charge in [-0.15, -0.1) is 12.4 Å². The molecule has 48 heavy (non-hydrogen) atoms. The van der Waals surface area contributed by atoms with E-state index in [0.29, 0.717) is 42.2 Å². The fourth-order valence-corrected chi connectivity index (χ4v) is 8.30. The minimum absolute atomic E-state index is 0. The number of benzene rings is 1. The SMILES string of the molecule is Cc1ccc(N2CCC[C@H](N(Cc3ccnc(C)c3)Cc3cn(C4CC4)c4cc(N5CCC6NCCC6C5)c(F)cc4c3=O)C2)cn1.Cl. The first-order valence-electron chi connectivity index (χ1n) is 17.6. The standard InChI is InChI=1S/C38H46FN7O.ClH/c1-25-5-6-31(19-42-25)43-14-3-4-32(24-43)45(20-27-9-12-40-26(2)16-27)22-29-23-46(30-7-8-30)36-18-37(34(39)17-33(36)38(29)47)44-15-11-35-28(21-44)10-13-41-35;/h5-6,9,12,16-19,23,28,30,32,35,41H,3-4,7-8,10-11,13-15,20-22,24H2,1-2H3;1H/t28?,32-,35?;/m0./s1. The first kappa shape index (κ1) is 33.0. The van der Waals surface area contributed by atoms with Crippen LogP contribution in [0.4, 0.5) is 15.8 Å². The van der Waals surface area contributed by atoms with E-state index in [4.69, 9.17) is 0 Å². The summed E-state index contributed by atoms with van der Waals surface area (Å²) in [6, 6.07) is 13.1. The molecule has 4 aliphatic rings. The number of rotatable bonds is 8. The largest absolute Gasteiger partial charge is 0.369 e. The normalized spacial score (nSPS) is 22.6. The lowest BCUT2D eigenvalue weighted by atomic mass is 9.93. The Morgan fingerprint density at radius 1 is 0.938 bits per heavy atom. The van der Waals surface area contributed by atoms with Crippen LogP contribution >= 0.6 is 12.4 Å². The lowest BCUT2D eigenvalue weighted by Crippen LogP contribution is -2.48. The van der Waals surface area contributed by atoms with Crippen LogP contribution in [0.3, 0.4) is 0 Å². The van der Waals surface area contributed by atoms with Crippen molar-refractivity contribution in [1.29, 1.82) is 0 Å². The highest BCUT2D eigenvalue weighted by molar-refractivity contribution is 5.85. The van der Waals surface area contributed by atoms with E-state index in [1.54, 1.807) is 0 Å². The average molecular weight is 672 g/mol. The Bertz CT molecular complexity index is 1830. The molecule has 254 valence electrons. The topological polar surface area (TPSA) is 69.5 Å². The molecule has 1 N–H and O–H groups in total. The highest BCUT2D eigenvalue weighted by Crippen LogP contribution is 2.39. The van der Waals surface area contributed by atoms with Gasteiger partial charge in [-0.2, -0.15) is 0 Å². The molecule has 0 radical (unpaired) electrons. The van der Waals surface area contributed by atoms with E-state index >= 15 is 4.39 Å². The van der Waals surface area contributed by atoms with Crippen molar-refractivity contribution in [2.75, 3.05) is 42.5 Å². The van der Waals surface area contributed by atoms with Gasteiger partial charge in [0.2, 0.25) is 0 Å². The van der Waals surface area contributed by atoms with Gasteiger partial charge in [-0.05, 0) is 107 Å². The molecular weight excluding hydrogens is 625 g/mol. The maximum atomic E-state index is 16.0. The summed E-state index contributed by atoms with van der Waals surface area (Å²) in [6.07, 6.45) is 12.4. The average Bonchev–Trinajstić information content (AvgIpc) is 3.82. The molecule has 1 aromatic carbocycles. The molecule has 3 saturated heterocycles. The van der Waals surface area contributed by atoms with Crippen LogP contribution in [0.5, 0.6) is 0 Å². The first-order valence-corrected chi connectivity index (χ1v) is 17.6. The van der Waals surface area contributed by atoms with Crippen LogP contribution in [-0.2, 0) is 13.1 Å². The molecule has 1 saturated carbocycles. The van der Waals surface area contributed by atoms with Gasteiger partial charge in [0.25, 0.3) is 0 Å². The lowest BCUT2D eigenvalue weighted by Gasteiger charge is -2.40. The Labute approximate surface area is 288 Å². The molecule has 8 nitrogen and oxygen atoms in total. The van der Waals surface area contributed by atoms with Crippen LogP contribution in [0.1, 0.15) is 67.1 Å². The Hall–Kier alpha value is -3.53. The van der Waals surface area contributed by atoms with Crippen molar-refractivity contribution in [3.63, 3.8) is 0 Å². The molecule has 0 amide bonds. The number of anilines is 2. The van der Waals surface area contributed by atoms with E-state index in [-0.39, 0.29) is 29.7 Å². The summed E-state index contributed by atoms with van der Waals surface area (Å²) >= 11 is 0. The number of hydrogen-bond donors (Lipinski definition) is 1. The zero-order chi connectivity index (χ0) is 32.1. The van der Waals surface area contributed by atoms with E-state index in [1.807, 2.05) is 32.3 Å². The predicted molar refractivity (Wildman–Crippen MR) is 193 cm³/mol. The van der Waals surface area contributed by atoms with Gasteiger partial charge in [0.05, 0.1) is 23.1 Å². The molecule has 3 atom stereocenters. The number of hydrogen-bond acceptors (Lipinski definition) is 7. The molecule has 2 unspecified atom stereocenters. The maximum Gasteiger partial charge on any atom is 0.193 e. The molecule has 3 aliphatic heterocycles. The summed E-state index contributed by atoms with van der Waals surface area (Å²) < 4.78 is 18.3. The van der Waals surface area contributed by atoms with Crippen molar-refractivity contribution in [1.82, 2.24) is 24.8 Å². The van der Waals surface area contributed by atoms with Gasteiger partial charge in [-0.1, -0.05) is 0 Å². The summed E-state index contributed by atoms with van der Waals surface area (Å²) in [4.78, 5) is 30.4. The molecule has 6 heterocycles. The number of nitrogens with one attached hydrogen (secondary N) is 1. The highest BCUT2D eigenvalue weighted by atomic mass is 35.5. The molecule has 1 aliphatic carbocycles. The Morgan fingerprint density at radius 3 is 2.60 bits per heavy atom. The van der Waals surface area contributed by atoms with Gasteiger partial charge in [0, 0.05) is 92.1 Å². The fraction of sp³-hybridized carbons (Fsp3) is 0.500. The van der Waals surface area contributed by atoms with Crippen LogP contribution < -0.4 is 20.5 Å². The van der Waals surface area contributed by atoms with Crippen LogP contribution in [0.15, 0.2) is 59.8 Å². The second-order valence-electron chi connectivity index (χ2n) is 14.4. The van der Waals surface area contributed by atoms with Crippen molar-refractivity contribution in [3.8, 4) is 0 Å². The van der Waals surface area contributed by atoms with Gasteiger partial charge in [-0.3, -0.25) is 19.7 Å². The number of aryl methyl sites for hydroxylation is 2. The van der Waals surface area contributed by atoms with Gasteiger partial charge in [0.1, 0.15) is 5.82 Å². The third-order valence-corrected chi connectivity index (χ3v) is 11.0. The summed E-state index contributed by atoms with van der Waals surface area (Å²) in [7, 11) is 0.